The summed E-state index contributed by atoms with van der Waals surface area (Å²) in [6, 6.07) is 7.58. The van der Waals surface area contributed by atoms with E-state index in [1.54, 1.807) is 0 Å². The van der Waals surface area contributed by atoms with Gasteiger partial charge in [0.05, 0.1) is 21.7 Å². The SMILES string of the molecule is CN(C)C(=O)c1ccc(Cl)cc1NS(=O)(=O)c1ccccc1C(F)(F)F. The Balaban J connectivity index is 2.56. The Morgan fingerprint density at radius 1 is 1.12 bits per heavy atom. The van der Waals surface area contributed by atoms with Gasteiger partial charge in [-0.1, -0.05) is 23.7 Å². The molecule has 140 valence electrons. The van der Waals surface area contributed by atoms with E-state index in [-0.39, 0.29) is 16.3 Å². The molecule has 0 aliphatic heterocycles. The molecule has 2 aromatic rings. The molecule has 2 rings (SSSR count). The van der Waals surface area contributed by atoms with E-state index in [0.29, 0.717) is 6.07 Å². The predicted octanol–water partition coefficient (Wildman–Crippen LogP) is 3.86. The lowest BCUT2D eigenvalue weighted by Gasteiger charge is -2.17. The zero-order valence-corrected chi connectivity index (χ0v) is 15.2. The number of carbonyl (C=O) groups is 1. The molecule has 1 N–H and O–H groups in total. The van der Waals surface area contributed by atoms with Gasteiger partial charge in [0.1, 0.15) is 0 Å². The molecular formula is C16H14ClF3N2O3S. The fourth-order valence-electron chi connectivity index (χ4n) is 2.16. The third-order valence-corrected chi connectivity index (χ3v) is 5.00. The van der Waals surface area contributed by atoms with Gasteiger partial charge in [-0.2, -0.15) is 13.2 Å². The summed E-state index contributed by atoms with van der Waals surface area (Å²) in [5.74, 6) is -0.538. The van der Waals surface area contributed by atoms with E-state index in [2.05, 4.69) is 0 Å². The van der Waals surface area contributed by atoms with Crippen LogP contribution >= 0.6 is 11.6 Å². The van der Waals surface area contributed by atoms with Crippen molar-refractivity contribution in [3.63, 3.8) is 0 Å². The van der Waals surface area contributed by atoms with Gasteiger partial charge in [0.15, 0.2) is 0 Å². The zero-order chi connectivity index (χ0) is 19.7. The van der Waals surface area contributed by atoms with Crippen LogP contribution in [0.15, 0.2) is 47.4 Å². The van der Waals surface area contributed by atoms with Crippen LogP contribution in [-0.4, -0.2) is 33.3 Å². The fourth-order valence-corrected chi connectivity index (χ4v) is 3.63. The van der Waals surface area contributed by atoms with Crippen LogP contribution in [0.4, 0.5) is 18.9 Å². The molecule has 0 aliphatic carbocycles. The number of hydrogen-bond acceptors (Lipinski definition) is 3. The second-order valence-electron chi connectivity index (χ2n) is 5.49. The van der Waals surface area contributed by atoms with E-state index < -0.39 is 32.6 Å². The first-order valence-electron chi connectivity index (χ1n) is 7.14. The smallest absolute Gasteiger partial charge is 0.345 e. The molecule has 0 fully saturated rings. The minimum absolute atomic E-state index is 0.0486. The summed E-state index contributed by atoms with van der Waals surface area (Å²) < 4.78 is 66.5. The van der Waals surface area contributed by atoms with Crippen LogP contribution in [0.5, 0.6) is 0 Å². The van der Waals surface area contributed by atoms with Gasteiger partial charge in [-0.25, -0.2) is 8.42 Å². The first-order valence-corrected chi connectivity index (χ1v) is 9.00. The summed E-state index contributed by atoms with van der Waals surface area (Å²) >= 11 is 5.84. The maximum Gasteiger partial charge on any atom is 0.417 e. The van der Waals surface area contributed by atoms with Crippen LogP contribution in [0.2, 0.25) is 5.02 Å². The fraction of sp³-hybridized carbons (Fsp3) is 0.188. The van der Waals surface area contributed by atoms with E-state index in [1.165, 1.54) is 37.2 Å². The van der Waals surface area contributed by atoms with E-state index >= 15 is 0 Å². The third-order valence-electron chi connectivity index (χ3n) is 3.34. The van der Waals surface area contributed by atoms with Gasteiger partial charge in [0.2, 0.25) is 0 Å². The van der Waals surface area contributed by atoms with Gasteiger partial charge in [-0.05, 0) is 30.3 Å². The number of benzene rings is 2. The number of carbonyl (C=O) groups excluding carboxylic acids is 1. The predicted molar refractivity (Wildman–Crippen MR) is 91.7 cm³/mol. The molecule has 0 unspecified atom stereocenters. The molecule has 0 radical (unpaired) electrons. The first kappa shape index (κ1) is 20.1. The number of nitrogens with zero attached hydrogens (tertiary/aromatic N) is 1. The average Bonchev–Trinajstić information content (AvgIpc) is 2.53. The van der Waals surface area contributed by atoms with E-state index in [9.17, 15) is 26.4 Å². The third kappa shape index (κ3) is 4.28. The van der Waals surface area contributed by atoms with Crippen LogP contribution in [0.1, 0.15) is 15.9 Å². The van der Waals surface area contributed by atoms with Crippen molar-refractivity contribution < 1.29 is 26.4 Å². The molecule has 2 aromatic carbocycles. The van der Waals surface area contributed by atoms with Crippen molar-refractivity contribution >= 4 is 33.2 Å². The Hall–Kier alpha value is -2.26. The molecule has 5 nitrogen and oxygen atoms in total. The van der Waals surface area contributed by atoms with Gasteiger partial charge in [-0.3, -0.25) is 9.52 Å². The largest absolute Gasteiger partial charge is 0.417 e. The molecule has 0 aromatic heterocycles. The van der Waals surface area contributed by atoms with Crippen LogP contribution in [-0.2, 0) is 16.2 Å². The second-order valence-corrected chi connectivity index (χ2v) is 7.58. The summed E-state index contributed by atoms with van der Waals surface area (Å²) in [5, 5.41) is 0.113. The number of nitrogens with one attached hydrogen (secondary N) is 1. The highest BCUT2D eigenvalue weighted by molar-refractivity contribution is 7.92. The lowest BCUT2D eigenvalue weighted by molar-refractivity contribution is -0.139. The van der Waals surface area contributed by atoms with Gasteiger partial charge >= 0.3 is 6.18 Å². The summed E-state index contributed by atoms with van der Waals surface area (Å²) in [6.07, 6.45) is -4.86. The maximum atomic E-state index is 13.1. The van der Waals surface area contributed by atoms with E-state index in [0.717, 1.165) is 18.2 Å². The van der Waals surface area contributed by atoms with Crippen molar-refractivity contribution in [2.75, 3.05) is 18.8 Å². The molecule has 10 heteroatoms. The van der Waals surface area contributed by atoms with E-state index in [4.69, 9.17) is 11.6 Å². The highest BCUT2D eigenvalue weighted by Gasteiger charge is 2.37. The Kier molecular flexibility index (Phi) is 5.52. The van der Waals surface area contributed by atoms with Crippen molar-refractivity contribution in [3.8, 4) is 0 Å². The second kappa shape index (κ2) is 7.16. The van der Waals surface area contributed by atoms with Crippen molar-refractivity contribution in [2.45, 2.75) is 11.1 Å². The van der Waals surface area contributed by atoms with Crippen molar-refractivity contribution in [2.24, 2.45) is 0 Å². The van der Waals surface area contributed by atoms with Crippen LogP contribution in [0, 0.1) is 0 Å². The van der Waals surface area contributed by atoms with Gasteiger partial charge in [0.25, 0.3) is 15.9 Å². The Morgan fingerprint density at radius 3 is 2.31 bits per heavy atom. The van der Waals surface area contributed by atoms with Crippen LogP contribution in [0.25, 0.3) is 0 Å². The van der Waals surface area contributed by atoms with Crippen LogP contribution in [0.3, 0.4) is 0 Å². The lowest BCUT2D eigenvalue weighted by Crippen LogP contribution is -2.25. The maximum absolute atomic E-state index is 13.1. The number of anilines is 1. The van der Waals surface area contributed by atoms with E-state index in [1.807, 2.05) is 4.72 Å². The summed E-state index contributed by atoms with van der Waals surface area (Å²) in [4.78, 5) is 12.4. The average molecular weight is 407 g/mol. The Morgan fingerprint density at radius 2 is 1.73 bits per heavy atom. The normalized spacial score (nSPS) is 11.9. The molecule has 0 heterocycles. The highest BCUT2D eigenvalue weighted by atomic mass is 35.5. The first-order chi connectivity index (χ1) is 11.9. The minimum Gasteiger partial charge on any atom is -0.345 e. The zero-order valence-electron chi connectivity index (χ0n) is 13.6. The molecular weight excluding hydrogens is 393 g/mol. The standard InChI is InChI=1S/C16H14ClF3N2O3S/c1-22(2)15(23)11-8-7-10(17)9-13(11)21-26(24,25)14-6-4-3-5-12(14)16(18,19)20/h3-9,21H,1-2H3. The monoisotopic (exact) mass is 406 g/mol. The van der Waals surface area contributed by atoms with Crippen LogP contribution < -0.4 is 4.72 Å². The molecule has 0 saturated carbocycles. The Bertz CT molecular complexity index is 944. The number of rotatable bonds is 4. The molecule has 0 atom stereocenters. The summed E-state index contributed by atoms with van der Waals surface area (Å²) in [6.45, 7) is 0. The molecule has 1 amide bonds. The molecule has 0 saturated heterocycles. The van der Waals surface area contributed by atoms with Gasteiger partial charge < -0.3 is 4.90 Å². The number of halogens is 4. The number of amides is 1. The Labute approximate surface area is 153 Å². The van der Waals surface area contributed by atoms with Gasteiger partial charge in [-0.15, -0.1) is 0 Å². The number of alkyl halides is 3. The number of hydrogen-bond donors (Lipinski definition) is 1. The lowest BCUT2D eigenvalue weighted by atomic mass is 10.1. The number of sulfonamides is 1. The summed E-state index contributed by atoms with van der Waals surface area (Å²) in [7, 11) is -1.72. The quantitative estimate of drug-likeness (QED) is 0.838. The highest BCUT2D eigenvalue weighted by Crippen LogP contribution is 2.35. The topological polar surface area (TPSA) is 66.5 Å². The summed E-state index contributed by atoms with van der Waals surface area (Å²) in [5.41, 5.74) is -1.57. The molecule has 26 heavy (non-hydrogen) atoms. The van der Waals surface area contributed by atoms with Gasteiger partial charge in [0, 0.05) is 19.1 Å². The molecule has 0 bridgehead atoms. The minimum atomic E-state index is -4.86. The van der Waals surface area contributed by atoms with Crippen molar-refractivity contribution in [3.05, 3.63) is 58.6 Å². The molecule has 0 aliphatic rings. The molecule has 0 spiro atoms. The van der Waals surface area contributed by atoms with Crippen molar-refractivity contribution in [1.29, 1.82) is 0 Å². The van der Waals surface area contributed by atoms with Crippen molar-refractivity contribution in [1.82, 2.24) is 4.90 Å².